The van der Waals surface area contributed by atoms with Crippen LogP contribution in [0.25, 0.3) is 0 Å². The van der Waals surface area contributed by atoms with Gasteiger partial charge >= 0.3 is 0 Å². The van der Waals surface area contributed by atoms with E-state index in [4.69, 9.17) is 10.5 Å². The van der Waals surface area contributed by atoms with E-state index in [1.807, 2.05) is 0 Å². The van der Waals surface area contributed by atoms with E-state index in [-0.39, 0.29) is 11.6 Å². The highest BCUT2D eigenvalue weighted by atomic mass is 16.5. The van der Waals surface area contributed by atoms with Gasteiger partial charge in [-0.15, -0.1) is 0 Å². The zero-order chi connectivity index (χ0) is 12.5. The fourth-order valence-corrected chi connectivity index (χ4v) is 3.63. The molecule has 0 amide bonds. The van der Waals surface area contributed by atoms with Crippen LogP contribution in [0.3, 0.4) is 0 Å². The van der Waals surface area contributed by atoms with Gasteiger partial charge in [-0.25, -0.2) is 0 Å². The molecule has 0 spiro atoms. The van der Waals surface area contributed by atoms with Crippen LogP contribution in [0.1, 0.15) is 59.3 Å². The fraction of sp³-hybridized carbons (Fsp3) is 1.00. The van der Waals surface area contributed by atoms with Gasteiger partial charge in [-0.1, -0.05) is 20.3 Å². The van der Waals surface area contributed by atoms with Gasteiger partial charge in [0.2, 0.25) is 0 Å². The number of hydrogen-bond donors (Lipinski definition) is 1. The van der Waals surface area contributed by atoms with Gasteiger partial charge in [0, 0.05) is 12.6 Å². The predicted octanol–water partition coefficient (Wildman–Crippen LogP) is 3.35. The van der Waals surface area contributed by atoms with Gasteiger partial charge in [-0.3, -0.25) is 0 Å². The molecule has 2 fully saturated rings. The average molecular weight is 239 g/mol. The minimum atomic E-state index is -0.0524. The topological polar surface area (TPSA) is 35.2 Å². The van der Waals surface area contributed by atoms with Crippen LogP contribution in [0.4, 0.5) is 0 Å². The second kappa shape index (κ2) is 5.27. The van der Waals surface area contributed by atoms with Crippen molar-refractivity contribution < 1.29 is 4.74 Å². The van der Waals surface area contributed by atoms with Gasteiger partial charge in [0.25, 0.3) is 0 Å². The van der Waals surface area contributed by atoms with Crippen molar-refractivity contribution in [2.75, 3.05) is 6.61 Å². The third-order valence-electron chi connectivity index (χ3n) is 5.35. The van der Waals surface area contributed by atoms with Crippen molar-refractivity contribution in [1.29, 1.82) is 0 Å². The number of hydrogen-bond acceptors (Lipinski definition) is 2. The Balaban J connectivity index is 1.96. The Kier molecular flexibility index (Phi) is 4.14. The third kappa shape index (κ3) is 2.85. The smallest absolute Gasteiger partial charge is 0.0807 e. The molecule has 0 aromatic rings. The van der Waals surface area contributed by atoms with Crippen LogP contribution < -0.4 is 5.73 Å². The first-order chi connectivity index (χ1) is 8.03. The Hall–Kier alpha value is -0.0800. The first-order valence-corrected chi connectivity index (χ1v) is 7.42. The summed E-state index contributed by atoms with van der Waals surface area (Å²) in [5.41, 5.74) is 6.49. The molecule has 2 rings (SSSR count). The minimum Gasteiger partial charge on any atom is -0.374 e. The van der Waals surface area contributed by atoms with Crippen molar-refractivity contribution in [3.63, 3.8) is 0 Å². The summed E-state index contributed by atoms with van der Waals surface area (Å²) >= 11 is 0. The molecule has 0 aromatic heterocycles. The molecule has 5 unspecified atom stereocenters. The maximum Gasteiger partial charge on any atom is 0.0807 e. The summed E-state index contributed by atoms with van der Waals surface area (Å²) in [5, 5.41) is 0. The molecule has 100 valence electrons. The van der Waals surface area contributed by atoms with E-state index in [1.165, 1.54) is 32.1 Å². The van der Waals surface area contributed by atoms with E-state index in [0.29, 0.717) is 5.92 Å². The molecule has 2 heteroatoms. The molecule has 1 saturated heterocycles. The van der Waals surface area contributed by atoms with E-state index >= 15 is 0 Å². The summed E-state index contributed by atoms with van der Waals surface area (Å²) in [6.45, 7) is 7.90. The molecule has 1 heterocycles. The molecule has 5 atom stereocenters. The second-order valence-corrected chi connectivity index (χ2v) is 6.67. The molecule has 0 radical (unpaired) electrons. The van der Waals surface area contributed by atoms with Crippen LogP contribution in [0.2, 0.25) is 0 Å². The molecule has 2 N–H and O–H groups in total. The summed E-state index contributed by atoms with van der Waals surface area (Å²) in [6, 6.07) is 0.234. The van der Waals surface area contributed by atoms with Crippen molar-refractivity contribution in [1.82, 2.24) is 0 Å². The van der Waals surface area contributed by atoms with Gasteiger partial charge in [0.15, 0.2) is 0 Å². The lowest BCUT2D eigenvalue weighted by molar-refractivity contribution is -0.0970. The van der Waals surface area contributed by atoms with Gasteiger partial charge in [0.1, 0.15) is 0 Å². The molecule has 1 saturated carbocycles. The molecule has 1 aliphatic heterocycles. The van der Waals surface area contributed by atoms with Crippen LogP contribution in [0.5, 0.6) is 0 Å². The Labute approximate surface area is 106 Å². The monoisotopic (exact) mass is 239 g/mol. The van der Waals surface area contributed by atoms with Gasteiger partial charge in [0.05, 0.1) is 5.60 Å². The maximum atomic E-state index is 6.54. The summed E-state index contributed by atoms with van der Waals surface area (Å²) in [7, 11) is 0. The van der Waals surface area contributed by atoms with Gasteiger partial charge in [-0.2, -0.15) is 0 Å². The van der Waals surface area contributed by atoms with Crippen LogP contribution in [-0.2, 0) is 4.74 Å². The Morgan fingerprint density at radius 3 is 2.53 bits per heavy atom. The van der Waals surface area contributed by atoms with Crippen LogP contribution in [-0.4, -0.2) is 18.2 Å². The van der Waals surface area contributed by atoms with Crippen LogP contribution in [0.15, 0.2) is 0 Å². The zero-order valence-corrected chi connectivity index (χ0v) is 11.7. The minimum absolute atomic E-state index is 0.0524. The SMILES string of the molecule is CC1CCC(C(N)C2(C)CCCCO2)CC1C. The molecule has 2 aliphatic rings. The lowest BCUT2D eigenvalue weighted by Gasteiger charge is -2.45. The predicted molar refractivity (Wildman–Crippen MR) is 71.9 cm³/mol. The summed E-state index contributed by atoms with van der Waals surface area (Å²) in [6.07, 6.45) is 7.57. The highest BCUT2D eigenvalue weighted by Gasteiger charge is 2.40. The molecule has 17 heavy (non-hydrogen) atoms. The largest absolute Gasteiger partial charge is 0.374 e. The lowest BCUT2D eigenvalue weighted by atomic mass is 9.69. The highest BCUT2D eigenvalue weighted by molar-refractivity contribution is 4.95. The van der Waals surface area contributed by atoms with E-state index in [0.717, 1.165) is 24.9 Å². The molecule has 0 aromatic carbocycles. The molecule has 2 nitrogen and oxygen atoms in total. The Morgan fingerprint density at radius 2 is 1.94 bits per heavy atom. The maximum absolute atomic E-state index is 6.54. The summed E-state index contributed by atoms with van der Waals surface area (Å²) < 4.78 is 6.02. The van der Waals surface area contributed by atoms with Crippen molar-refractivity contribution in [2.45, 2.75) is 70.9 Å². The normalized spacial score (nSPS) is 45.5. The Bertz CT molecular complexity index is 247. The Morgan fingerprint density at radius 1 is 1.18 bits per heavy atom. The van der Waals surface area contributed by atoms with Gasteiger partial charge < -0.3 is 10.5 Å². The summed E-state index contributed by atoms with van der Waals surface area (Å²) in [5.74, 6) is 2.37. The van der Waals surface area contributed by atoms with Crippen molar-refractivity contribution in [2.24, 2.45) is 23.5 Å². The zero-order valence-electron chi connectivity index (χ0n) is 11.7. The van der Waals surface area contributed by atoms with E-state index < -0.39 is 0 Å². The van der Waals surface area contributed by atoms with Crippen LogP contribution in [0, 0.1) is 17.8 Å². The van der Waals surface area contributed by atoms with Crippen molar-refractivity contribution in [3.8, 4) is 0 Å². The second-order valence-electron chi connectivity index (χ2n) is 6.67. The quantitative estimate of drug-likeness (QED) is 0.802. The van der Waals surface area contributed by atoms with E-state index in [1.54, 1.807) is 0 Å². The third-order valence-corrected chi connectivity index (χ3v) is 5.35. The highest BCUT2D eigenvalue weighted by Crippen LogP contribution is 2.39. The van der Waals surface area contributed by atoms with Crippen LogP contribution >= 0.6 is 0 Å². The van der Waals surface area contributed by atoms with E-state index in [2.05, 4.69) is 20.8 Å². The number of nitrogens with two attached hydrogens (primary N) is 1. The van der Waals surface area contributed by atoms with Crippen molar-refractivity contribution in [3.05, 3.63) is 0 Å². The number of rotatable bonds is 2. The van der Waals surface area contributed by atoms with E-state index in [9.17, 15) is 0 Å². The lowest BCUT2D eigenvalue weighted by Crippen LogP contribution is -2.54. The first kappa shape index (κ1) is 13.4. The van der Waals surface area contributed by atoms with Gasteiger partial charge in [-0.05, 0) is 56.8 Å². The molecule has 0 bridgehead atoms. The average Bonchev–Trinajstić information content (AvgIpc) is 2.33. The molecular weight excluding hydrogens is 210 g/mol. The fourth-order valence-electron chi connectivity index (χ4n) is 3.63. The molecular formula is C15H29NO. The standard InChI is InChI=1S/C15H29NO/c1-11-6-7-13(10-12(11)2)14(16)15(3)8-4-5-9-17-15/h11-14H,4-10,16H2,1-3H3. The van der Waals surface area contributed by atoms with Crippen molar-refractivity contribution >= 4 is 0 Å². The molecule has 1 aliphatic carbocycles. The number of ether oxygens (including phenoxy) is 1. The summed E-state index contributed by atoms with van der Waals surface area (Å²) in [4.78, 5) is 0. The first-order valence-electron chi connectivity index (χ1n) is 7.42.